The van der Waals surface area contributed by atoms with Crippen molar-refractivity contribution in [3.8, 4) is 0 Å². The topological polar surface area (TPSA) is 61.3 Å². The van der Waals surface area contributed by atoms with Crippen LogP contribution in [0, 0.1) is 0 Å². The van der Waals surface area contributed by atoms with Crippen LogP contribution in [0.1, 0.15) is 19.3 Å². The molecule has 2 fully saturated rings. The highest BCUT2D eigenvalue weighted by Crippen LogP contribution is 2.22. The average molecular weight is 325 g/mol. The first-order valence-electron chi connectivity index (χ1n) is 8.73. The zero-order valence-corrected chi connectivity index (χ0v) is 13.9. The van der Waals surface area contributed by atoms with Crippen LogP contribution in [-0.2, 0) is 0 Å². The van der Waals surface area contributed by atoms with E-state index in [-0.39, 0.29) is 0 Å². The van der Waals surface area contributed by atoms with Crippen molar-refractivity contribution in [2.75, 3.05) is 54.0 Å². The maximum absolute atomic E-state index is 4.50. The largest absolute Gasteiger partial charge is 0.356 e. The molecule has 4 heterocycles. The zero-order chi connectivity index (χ0) is 16.2. The molecule has 0 bridgehead atoms. The van der Waals surface area contributed by atoms with Gasteiger partial charge in [-0.25, -0.2) is 19.9 Å². The molecule has 2 aromatic rings. The number of piperazine rings is 1. The summed E-state index contributed by atoms with van der Waals surface area (Å²) in [5, 5.41) is 0. The Morgan fingerprint density at radius 1 is 0.625 bits per heavy atom. The molecule has 4 rings (SSSR count). The van der Waals surface area contributed by atoms with Gasteiger partial charge in [-0.3, -0.25) is 0 Å². The van der Waals surface area contributed by atoms with Crippen molar-refractivity contribution >= 4 is 17.5 Å². The van der Waals surface area contributed by atoms with E-state index in [1.807, 2.05) is 6.07 Å². The standard InChI is InChI=1S/C17H23N7/c1-2-6-22(7-3-1)16-12-17(21-14-20-16)24-10-8-23(9-11-24)15-4-5-18-13-19-15/h4-5,12-14H,1-3,6-11H2. The van der Waals surface area contributed by atoms with Crippen molar-refractivity contribution in [2.45, 2.75) is 19.3 Å². The molecule has 0 amide bonds. The van der Waals surface area contributed by atoms with Gasteiger partial charge in [0.25, 0.3) is 0 Å². The van der Waals surface area contributed by atoms with E-state index in [1.165, 1.54) is 19.3 Å². The van der Waals surface area contributed by atoms with Crippen LogP contribution in [0.2, 0.25) is 0 Å². The first kappa shape index (κ1) is 15.1. The second-order valence-electron chi connectivity index (χ2n) is 6.32. The smallest absolute Gasteiger partial charge is 0.134 e. The molecule has 0 radical (unpaired) electrons. The minimum atomic E-state index is 0.945. The fourth-order valence-corrected chi connectivity index (χ4v) is 3.44. The summed E-state index contributed by atoms with van der Waals surface area (Å²) in [6.07, 6.45) is 8.96. The Kier molecular flexibility index (Phi) is 4.40. The molecule has 0 aliphatic carbocycles. The summed E-state index contributed by atoms with van der Waals surface area (Å²) in [5.74, 6) is 3.10. The van der Waals surface area contributed by atoms with Gasteiger partial charge in [0, 0.05) is 51.5 Å². The summed E-state index contributed by atoms with van der Waals surface area (Å²) >= 11 is 0. The summed E-state index contributed by atoms with van der Waals surface area (Å²) in [7, 11) is 0. The van der Waals surface area contributed by atoms with Crippen molar-refractivity contribution in [2.24, 2.45) is 0 Å². The van der Waals surface area contributed by atoms with Crippen molar-refractivity contribution < 1.29 is 0 Å². The Balaban J connectivity index is 1.42. The number of piperidine rings is 1. The van der Waals surface area contributed by atoms with E-state index < -0.39 is 0 Å². The van der Waals surface area contributed by atoms with E-state index in [9.17, 15) is 0 Å². The lowest BCUT2D eigenvalue weighted by Gasteiger charge is -2.36. The van der Waals surface area contributed by atoms with E-state index >= 15 is 0 Å². The molecular formula is C17H23N7. The van der Waals surface area contributed by atoms with Crippen LogP contribution < -0.4 is 14.7 Å². The maximum Gasteiger partial charge on any atom is 0.134 e. The molecular weight excluding hydrogens is 302 g/mol. The number of aromatic nitrogens is 4. The Hall–Kier alpha value is -2.44. The summed E-state index contributed by atoms with van der Waals surface area (Å²) in [4.78, 5) is 24.3. The number of rotatable bonds is 3. The molecule has 0 saturated carbocycles. The van der Waals surface area contributed by atoms with Gasteiger partial charge in [0.2, 0.25) is 0 Å². The van der Waals surface area contributed by atoms with E-state index in [4.69, 9.17) is 0 Å². The summed E-state index contributed by atoms with van der Waals surface area (Å²) < 4.78 is 0. The van der Waals surface area contributed by atoms with Crippen LogP contribution in [0.5, 0.6) is 0 Å². The molecule has 2 aliphatic heterocycles. The van der Waals surface area contributed by atoms with Crippen molar-refractivity contribution in [3.63, 3.8) is 0 Å². The van der Waals surface area contributed by atoms with Crippen LogP contribution in [0.3, 0.4) is 0 Å². The first-order chi connectivity index (χ1) is 11.9. The van der Waals surface area contributed by atoms with Gasteiger partial charge in [-0.2, -0.15) is 0 Å². The molecule has 24 heavy (non-hydrogen) atoms. The average Bonchev–Trinajstić information content (AvgIpc) is 2.70. The molecule has 7 nitrogen and oxygen atoms in total. The van der Waals surface area contributed by atoms with Crippen molar-refractivity contribution in [3.05, 3.63) is 31.0 Å². The van der Waals surface area contributed by atoms with Crippen molar-refractivity contribution in [1.82, 2.24) is 19.9 Å². The highest BCUT2D eigenvalue weighted by molar-refractivity contribution is 5.51. The lowest BCUT2D eigenvalue weighted by Crippen LogP contribution is -2.47. The van der Waals surface area contributed by atoms with Gasteiger partial charge in [0.15, 0.2) is 0 Å². The molecule has 0 spiro atoms. The number of anilines is 3. The number of nitrogens with zero attached hydrogens (tertiary/aromatic N) is 7. The third kappa shape index (κ3) is 3.25. The third-order valence-electron chi connectivity index (χ3n) is 4.81. The monoisotopic (exact) mass is 325 g/mol. The predicted molar refractivity (Wildman–Crippen MR) is 94.6 cm³/mol. The summed E-state index contributed by atoms with van der Waals surface area (Å²) in [6.45, 7) is 6.00. The fraction of sp³-hybridized carbons (Fsp3) is 0.529. The third-order valence-corrected chi connectivity index (χ3v) is 4.81. The Morgan fingerprint density at radius 2 is 1.21 bits per heavy atom. The van der Waals surface area contributed by atoms with Crippen LogP contribution in [0.25, 0.3) is 0 Å². The summed E-state index contributed by atoms with van der Waals surface area (Å²) in [6, 6.07) is 4.11. The maximum atomic E-state index is 4.50. The van der Waals surface area contributed by atoms with E-state index in [2.05, 4.69) is 40.7 Å². The number of hydrogen-bond acceptors (Lipinski definition) is 7. The lowest BCUT2D eigenvalue weighted by atomic mass is 10.1. The van der Waals surface area contributed by atoms with Crippen LogP contribution in [0.4, 0.5) is 17.5 Å². The quantitative estimate of drug-likeness (QED) is 0.849. The van der Waals surface area contributed by atoms with Gasteiger partial charge in [-0.05, 0) is 25.3 Å². The molecule has 0 N–H and O–H groups in total. The van der Waals surface area contributed by atoms with Crippen molar-refractivity contribution in [1.29, 1.82) is 0 Å². The molecule has 0 unspecified atom stereocenters. The Morgan fingerprint density at radius 3 is 1.83 bits per heavy atom. The van der Waals surface area contributed by atoms with Gasteiger partial charge in [0.1, 0.15) is 30.1 Å². The first-order valence-corrected chi connectivity index (χ1v) is 8.73. The lowest BCUT2D eigenvalue weighted by molar-refractivity contribution is 0.572. The van der Waals surface area contributed by atoms with Crippen LogP contribution >= 0.6 is 0 Å². The molecule has 126 valence electrons. The van der Waals surface area contributed by atoms with Crippen LogP contribution in [0.15, 0.2) is 31.0 Å². The second kappa shape index (κ2) is 6.98. The zero-order valence-electron chi connectivity index (χ0n) is 13.9. The molecule has 7 heteroatoms. The van der Waals surface area contributed by atoms with E-state index in [0.717, 1.165) is 56.7 Å². The van der Waals surface area contributed by atoms with Gasteiger partial charge >= 0.3 is 0 Å². The second-order valence-corrected chi connectivity index (χ2v) is 6.32. The molecule has 2 saturated heterocycles. The summed E-state index contributed by atoms with van der Waals surface area (Å²) in [5.41, 5.74) is 0. The van der Waals surface area contributed by atoms with E-state index in [0.29, 0.717) is 0 Å². The van der Waals surface area contributed by atoms with Gasteiger partial charge in [-0.1, -0.05) is 0 Å². The normalized spacial score (nSPS) is 18.8. The van der Waals surface area contributed by atoms with Gasteiger partial charge in [0.05, 0.1) is 0 Å². The highest BCUT2D eigenvalue weighted by Gasteiger charge is 2.20. The molecule has 2 aliphatic rings. The molecule has 0 atom stereocenters. The van der Waals surface area contributed by atoms with Gasteiger partial charge < -0.3 is 14.7 Å². The number of hydrogen-bond donors (Lipinski definition) is 0. The minimum absolute atomic E-state index is 0.945. The molecule has 2 aromatic heterocycles. The SMILES string of the molecule is c1cc(N2CCN(c3cc(N4CCCCC4)ncn3)CC2)ncn1. The Bertz CT molecular complexity index is 649. The minimum Gasteiger partial charge on any atom is -0.356 e. The molecule has 0 aromatic carbocycles. The fourth-order valence-electron chi connectivity index (χ4n) is 3.44. The van der Waals surface area contributed by atoms with E-state index in [1.54, 1.807) is 18.9 Å². The Labute approximate surface area is 142 Å². The van der Waals surface area contributed by atoms with Crippen LogP contribution in [-0.4, -0.2) is 59.2 Å². The highest BCUT2D eigenvalue weighted by atomic mass is 15.3. The predicted octanol–water partition coefficient (Wildman–Crippen LogP) is 1.58. The van der Waals surface area contributed by atoms with Gasteiger partial charge in [-0.15, -0.1) is 0 Å².